The van der Waals surface area contributed by atoms with Crippen LogP contribution in [0.1, 0.15) is 69.7 Å². The molecule has 0 radical (unpaired) electrons. The average molecular weight is 461 g/mol. The van der Waals surface area contributed by atoms with Crippen molar-refractivity contribution < 1.29 is 9.53 Å². The van der Waals surface area contributed by atoms with Crippen molar-refractivity contribution in [2.45, 2.75) is 63.7 Å². The van der Waals surface area contributed by atoms with Crippen LogP contribution in [-0.4, -0.2) is 27.4 Å². The van der Waals surface area contributed by atoms with E-state index in [9.17, 15) is 4.79 Å². The van der Waals surface area contributed by atoms with Crippen LogP contribution in [0, 0.1) is 5.41 Å². The van der Waals surface area contributed by atoms with Gasteiger partial charge in [0.05, 0.1) is 5.69 Å². The van der Waals surface area contributed by atoms with Crippen molar-refractivity contribution >= 4 is 22.0 Å². The summed E-state index contributed by atoms with van der Waals surface area (Å²) in [6, 6.07) is 5.81. The van der Waals surface area contributed by atoms with Gasteiger partial charge in [0.15, 0.2) is 0 Å². The summed E-state index contributed by atoms with van der Waals surface area (Å²) in [4.78, 5) is 16.3. The fraction of sp³-hybridized carbons (Fsp3) is 0.591. The van der Waals surface area contributed by atoms with Crippen molar-refractivity contribution in [1.82, 2.24) is 20.1 Å². The highest BCUT2D eigenvalue weighted by molar-refractivity contribution is 9.10. The van der Waals surface area contributed by atoms with Crippen molar-refractivity contribution in [2.75, 3.05) is 6.54 Å². The molecule has 0 unspecified atom stereocenters. The largest absolute Gasteiger partial charge is 0.413 e. The molecule has 1 N–H and O–H groups in total. The Labute approximate surface area is 180 Å². The number of aromatic nitrogens is 3. The molecule has 0 spiro atoms. The number of aryl methyl sites for hydroxylation is 1. The third kappa shape index (κ3) is 4.06. The van der Waals surface area contributed by atoms with Gasteiger partial charge in [-0.15, -0.1) is 0 Å². The number of carbonyl (C=O) groups is 1. The molecule has 5 rings (SSSR count). The summed E-state index contributed by atoms with van der Waals surface area (Å²) in [5.74, 6) is 0.755. The van der Waals surface area contributed by atoms with Crippen LogP contribution in [0.25, 0.3) is 0 Å². The summed E-state index contributed by atoms with van der Waals surface area (Å²) in [5, 5.41) is 7.74. The summed E-state index contributed by atoms with van der Waals surface area (Å²) < 4.78 is 8.26. The number of fused-ring (bicyclic) bond motifs is 3. The number of nitrogens with one attached hydrogen (secondary N) is 1. The molecule has 2 heterocycles. The smallest absolute Gasteiger partial charge is 0.391 e. The number of rotatable bonds is 5. The van der Waals surface area contributed by atoms with E-state index >= 15 is 0 Å². The average Bonchev–Trinajstić information content (AvgIpc) is 3.11. The topological polar surface area (TPSA) is 69.0 Å². The van der Waals surface area contributed by atoms with Crippen LogP contribution >= 0.6 is 15.9 Å². The van der Waals surface area contributed by atoms with Gasteiger partial charge in [-0.2, -0.15) is 5.10 Å². The fourth-order valence-corrected chi connectivity index (χ4v) is 5.33. The number of carbonyl (C=O) groups excluding carboxylic acids is 1. The highest BCUT2D eigenvalue weighted by Gasteiger charge is 2.50. The molecule has 2 aromatic heterocycles. The second-order valence-corrected chi connectivity index (χ2v) is 9.98. The summed E-state index contributed by atoms with van der Waals surface area (Å²) in [6.45, 7) is 5.06. The fourth-order valence-electron chi connectivity index (χ4n) is 5.01. The van der Waals surface area contributed by atoms with Crippen molar-refractivity contribution in [3.63, 3.8) is 0 Å². The molecule has 29 heavy (non-hydrogen) atoms. The molecule has 0 aliphatic heterocycles. The van der Waals surface area contributed by atoms with E-state index in [2.05, 4.69) is 57.9 Å². The van der Waals surface area contributed by atoms with Crippen LogP contribution in [0.15, 0.2) is 28.9 Å². The van der Waals surface area contributed by atoms with Gasteiger partial charge >= 0.3 is 6.09 Å². The zero-order valence-corrected chi connectivity index (χ0v) is 19.0. The molecule has 7 heteroatoms. The summed E-state index contributed by atoms with van der Waals surface area (Å²) in [6.07, 6.45) is 8.05. The Hall–Kier alpha value is -1.89. The van der Waals surface area contributed by atoms with Crippen LogP contribution in [-0.2, 0) is 12.5 Å². The SMILES string of the molecule is CC(C)c1cc(C23CCC(CNC(=O)Oc4cc(Br)ccn4)(CC2)CC3)n(C)n1. The van der Waals surface area contributed by atoms with E-state index in [0.717, 1.165) is 43.0 Å². The van der Waals surface area contributed by atoms with Gasteiger partial charge in [0.2, 0.25) is 5.88 Å². The summed E-state index contributed by atoms with van der Waals surface area (Å²) >= 11 is 3.36. The molecule has 156 valence electrons. The van der Waals surface area contributed by atoms with Gasteiger partial charge < -0.3 is 10.1 Å². The van der Waals surface area contributed by atoms with Gasteiger partial charge in [-0.3, -0.25) is 4.68 Å². The Kier molecular flexibility index (Phi) is 5.44. The number of hydrogen-bond donors (Lipinski definition) is 1. The molecule has 2 bridgehead atoms. The molecule has 0 atom stereocenters. The first-order valence-electron chi connectivity index (χ1n) is 10.4. The van der Waals surface area contributed by atoms with E-state index < -0.39 is 6.09 Å². The van der Waals surface area contributed by atoms with Crippen molar-refractivity contribution in [3.8, 4) is 5.88 Å². The Balaban J connectivity index is 1.37. The normalized spacial score (nSPS) is 26.0. The number of ether oxygens (including phenoxy) is 1. The molecule has 1 amide bonds. The number of amides is 1. The third-order valence-electron chi connectivity index (χ3n) is 6.94. The monoisotopic (exact) mass is 460 g/mol. The quantitative estimate of drug-likeness (QED) is 0.674. The molecule has 3 aliphatic carbocycles. The van der Waals surface area contributed by atoms with Crippen LogP contribution in [0.2, 0.25) is 0 Å². The van der Waals surface area contributed by atoms with E-state index in [4.69, 9.17) is 9.84 Å². The van der Waals surface area contributed by atoms with Gasteiger partial charge in [-0.25, -0.2) is 9.78 Å². The minimum atomic E-state index is -0.430. The van der Waals surface area contributed by atoms with E-state index in [-0.39, 0.29) is 10.8 Å². The predicted molar refractivity (Wildman–Crippen MR) is 115 cm³/mol. The Morgan fingerprint density at radius 2 is 1.93 bits per heavy atom. The van der Waals surface area contributed by atoms with Gasteiger partial charge in [0.1, 0.15) is 0 Å². The number of pyridine rings is 1. The molecule has 2 aromatic rings. The van der Waals surface area contributed by atoms with Crippen molar-refractivity contribution in [3.05, 3.63) is 40.3 Å². The number of nitrogens with zero attached hydrogens (tertiary/aromatic N) is 3. The maximum Gasteiger partial charge on any atom is 0.413 e. The van der Waals surface area contributed by atoms with Gasteiger partial charge in [-0.05, 0) is 62.0 Å². The first-order valence-corrected chi connectivity index (χ1v) is 11.2. The lowest BCUT2D eigenvalue weighted by molar-refractivity contribution is 0.0365. The first-order chi connectivity index (χ1) is 13.8. The third-order valence-corrected chi connectivity index (χ3v) is 7.43. The van der Waals surface area contributed by atoms with Crippen molar-refractivity contribution in [1.29, 1.82) is 0 Å². The highest BCUT2D eigenvalue weighted by Crippen LogP contribution is 2.57. The van der Waals surface area contributed by atoms with E-state index in [1.54, 1.807) is 18.3 Å². The molecule has 3 saturated carbocycles. The Morgan fingerprint density at radius 3 is 2.52 bits per heavy atom. The molecule has 0 saturated heterocycles. The maximum atomic E-state index is 12.2. The molecule has 6 nitrogen and oxygen atoms in total. The van der Waals surface area contributed by atoms with E-state index in [0.29, 0.717) is 18.3 Å². The van der Waals surface area contributed by atoms with Crippen LogP contribution < -0.4 is 10.1 Å². The maximum absolute atomic E-state index is 12.2. The molecule has 3 aliphatic rings. The minimum absolute atomic E-state index is 0.185. The standard InChI is InChI=1S/C22H29BrN4O2/c1-15(2)17-13-18(27(3)26-17)22-8-5-21(6-9-22,7-10-22)14-25-20(28)29-19-12-16(23)4-11-24-19/h4,11-13,15H,5-10,14H2,1-3H3,(H,25,28). The summed E-state index contributed by atoms with van der Waals surface area (Å²) in [7, 11) is 2.08. The second-order valence-electron chi connectivity index (χ2n) is 9.07. The molecular weight excluding hydrogens is 432 g/mol. The summed E-state index contributed by atoms with van der Waals surface area (Å²) in [5.41, 5.74) is 3.01. The van der Waals surface area contributed by atoms with E-state index in [1.165, 1.54) is 11.4 Å². The van der Waals surface area contributed by atoms with Crippen LogP contribution in [0.5, 0.6) is 5.88 Å². The lowest BCUT2D eigenvalue weighted by atomic mass is 9.52. The minimum Gasteiger partial charge on any atom is -0.391 e. The van der Waals surface area contributed by atoms with E-state index in [1.807, 2.05) is 0 Å². The lowest BCUT2D eigenvalue weighted by Gasteiger charge is -2.53. The second kappa shape index (κ2) is 7.74. The Morgan fingerprint density at radius 1 is 1.24 bits per heavy atom. The van der Waals surface area contributed by atoms with Crippen LogP contribution in [0.4, 0.5) is 4.79 Å². The van der Waals surface area contributed by atoms with Gasteiger partial charge in [0.25, 0.3) is 0 Å². The number of hydrogen-bond acceptors (Lipinski definition) is 4. The zero-order chi connectivity index (χ0) is 20.6. The molecule has 0 aromatic carbocycles. The molecule has 3 fully saturated rings. The lowest BCUT2D eigenvalue weighted by Crippen LogP contribution is -2.50. The predicted octanol–water partition coefficient (Wildman–Crippen LogP) is 5.08. The van der Waals surface area contributed by atoms with Crippen LogP contribution in [0.3, 0.4) is 0 Å². The van der Waals surface area contributed by atoms with Gasteiger partial charge in [-0.1, -0.05) is 29.8 Å². The highest BCUT2D eigenvalue weighted by atomic mass is 79.9. The Bertz CT molecular complexity index is 883. The zero-order valence-electron chi connectivity index (χ0n) is 17.4. The van der Waals surface area contributed by atoms with Gasteiger partial charge in [0, 0.05) is 41.4 Å². The van der Waals surface area contributed by atoms with Crippen molar-refractivity contribution in [2.24, 2.45) is 12.5 Å². The first kappa shape index (κ1) is 20.4. The molecular formula is C22H29BrN4O2. The number of halogens is 1.